The topological polar surface area (TPSA) is 102 Å². The van der Waals surface area contributed by atoms with Crippen molar-refractivity contribution in [1.29, 1.82) is 0 Å². The van der Waals surface area contributed by atoms with Crippen LogP contribution in [0.15, 0.2) is 18.2 Å². The minimum absolute atomic E-state index is 0.123. The van der Waals surface area contributed by atoms with Crippen molar-refractivity contribution in [3.05, 3.63) is 33.9 Å². The van der Waals surface area contributed by atoms with E-state index in [1.54, 1.807) is 6.92 Å². The van der Waals surface area contributed by atoms with E-state index < -0.39 is 10.9 Å². The van der Waals surface area contributed by atoms with Crippen molar-refractivity contribution < 1.29 is 19.6 Å². The first-order chi connectivity index (χ1) is 8.60. The monoisotopic (exact) mass is 254 g/mol. The molecule has 1 aromatic rings. The van der Waals surface area contributed by atoms with Crippen LogP contribution in [0.2, 0.25) is 0 Å². The molecule has 0 unspecified atom stereocenters. The van der Waals surface area contributed by atoms with E-state index >= 15 is 0 Å². The molecule has 1 aromatic carbocycles. The molecule has 7 nitrogen and oxygen atoms in total. The summed E-state index contributed by atoms with van der Waals surface area (Å²) in [5.74, 6) is -0.602. The second kappa shape index (κ2) is 6.55. The highest BCUT2D eigenvalue weighted by atomic mass is 16.6. The molecule has 0 bridgehead atoms. The zero-order chi connectivity index (χ0) is 13.5. The van der Waals surface area contributed by atoms with Crippen LogP contribution >= 0.6 is 0 Å². The first-order valence-electron chi connectivity index (χ1n) is 5.40. The summed E-state index contributed by atoms with van der Waals surface area (Å²) in [5.41, 5.74) is 0.147. The number of esters is 1. The average Bonchev–Trinajstić information content (AvgIpc) is 2.36. The Hall–Kier alpha value is -2.15. The number of nitro groups is 1. The summed E-state index contributed by atoms with van der Waals surface area (Å²) in [6.45, 7) is 1.91. The summed E-state index contributed by atoms with van der Waals surface area (Å²) < 4.78 is 4.76. The zero-order valence-corrected chi connectivity index (χ0v) is 9.88. The van der Waals surface area contributed by atoms with Gasteiger partial charge in [-0.05, 0) is 19.1 Å². The molecule has 2 N–H and O–H groups in total. The zero-order valence-electron chi connectivity index (χ0n) is 9.88. The molecule has 1 rings (SSSR count). The lowest BCUT2D eigenvalue weighted by molar-refractivity contribution is -0.384. The van der Waals surface area contributed by atoms with Gasteiger partial charge in [-0.15, -0.1) is 0 Å². The average molecular weight is 254 g/mol. The summed E-state index contributed by atoms with van der Waals surface area (Å²) in [4.78, 5) is 21.7. The number of benzene rings is 1. The first kappa shape index (κ1) is 13.9. The van der Waals surface area contributed by atoms with Crippen molar-refractivity contribution in [2.75, 3.05) is 25.1 Å². The fraction of sp³-hybridized carbons (Fsp3) is 0.364. The van der Waals surface area contributed by atoms with Gasteiger partial charge in [0.1, 0.15) is 5.69 Å². The number of hydrogen-bond acceptors (Lipinski definition) is 6. The van der Waals surface area contributed by atoms with Crippen molar-refractivity contribution in [3.63, 3.8) is 0 Å². The van der Waals surface area contributed by atoms with Crippen LogP contribution in [0.4, 0.5) is 11.4 Å². The van der Waals surface area contributed by atoms with E-state index in [1.165, 1.54) is 12.1 Å². The number of rotatable bonds is 6. The Morgan fingerprint density at radius 1 is 1.56 bits per heavy atom. The van der Waals surface area contributed by atoms with Gasteiger partial charge in [-0.2, -0.15) is 0 Å². The highest BCUT2D eigenvalue weighted by Gasteiger charge is 2.17. The molecule has 7 heteroatoms. The molecular weight excluding hydrogens is 240 g/mol. The second-order valence-corrected chi connectivity index (χ2v) is 3.36. The maximum Gasteiger partial charge on any atom is 0.338 e. The minimum atomic E-state index is -0.602. The molecule has 0 aliphatic heterocycles. The van der Waals surface area contributed by atoms with E-state index in [0.717, 1.165) is 6.07 Å². The predicted octanol–water partition coefficient (Wildman–Crippen LogP) is 1.18. The fourth-order valence-electron chi connectivity index (χ4n) is 1.36. The predicted molar refractivity (Wildman–Crippen MR) is 64.6 cm³/mol. The molecule has 0 fully saturated rings. The number of nitrogens with zero attached hydrogens (tertiary/aromatic N) is 1. The van der Waals surface area contributed by atoms with E-state index in [-0.39, 0.29) is 36.7 Å². The van der Waals surface area contributed by atoms with Gasteiger partial charge in [0.05, 0.1) is 23.7 Å². The maximum atomic E-state index is 11.4. The number of nitro benzene ring substituents is 1. The molecule has 0 radical (unpaired) electrons. The van der Waals surface area contributed by atoms with Gasteiger partial charge in [-0.25, -0.2) is 4.79 Å². The number of aliphatic hydroxyl groups is 1. The van der Waals surface area contributed by atoms with Gasteiger partial charge in [0.25, 0.3) is 5.69 Å². The van der Waals surface area contributed by atoms with Crippen LogP contribution in [-0.4, -0.2) is 35.8 Å². The summed E-state index contributed by atoms with van der Waals surface area (Å²) in [6, 6.07) is 4.00. The third-order valence-electron chi connectivity index (χ3n) is 2.13. The van der Waals surface area contributed by atoms with E-state index in [0.29, 0.717) is 0 Å². The SMILES string of the molecule is CCOC(=O)c1ccc(NCCO)c([N+](=O)[O-])c1. The van der Waals surface area contributed by atoms with Crippen LogP contribution in [0.1, 0.15) is 17.3 Å². The molecule has 98 valence electrons. The summed E-state index contributed by atoms with van der Waals surface area (Å²) in [6.07, 6.45) is 0. The van der Waals surface area contributed by atoms with Crippen molar-refractivity contribution >= 4 is 17.3 Å². The van der Waals surface area contributed by atoms with Crippen LogP contribution in [0.3, 0.4) is 0 Å². The van der Waals surface area contributed by atoms with Gasteiger partial charge in [0.2, 0.25) is 0 Å². The van der Waals surface area contributed by atoms with Gasteiger partial charge in [-0.1, -0.05) is 0 Å². The molecule has 0 aromatic heterocycles. The Balaban J connectivity index is 3.03. The molecule has 0 heterocycles. The summed E-state index contributed by atoms with van der Waals surface area (Å²) in [5, 5.41) is 22.2. The van der Waals surface area contributed by atoms with E-state index in [1.807, 2.05) is 0 Å². The Labute approximate surface area is 104 Å². The summed E-state index contributed by atoms with van der Waals surface area (Å²) in [7, 11) is 0. The highest BCUT2D eigenvalue weighted by Crippen LogP contribution is 2.25. The van der Waals surface area contributed by atoms with Crippen LogP contribution in [0, 0.1) is 10.1 Å². The van der Waals surface area contributed by atoms with Crippen molar-refractivity contribution in [1.82, 2.24) is 0 Å². The Morgan fingerprint density at radius 2 is 2.28 bits per heavy atom. The number of carbonyl (C=O) groups is 1. The lowest BCUT2D eigenvalue weighted by Gasteiger charge is -2.07. The molecule has 0 spiro atoms. The van der Waals surface area contributed by atoms with Gasteiger partial charge in [0.15, 0.2) is 0 Å². The third-order valence-corrected chi connectivity index (χ3v) is 2.13. The number of aliphatic hydroxyl groups excluding tert-OH is 1. The van der Waals surface area contributed by atoms with Gasteiger partial charge in [0, 0.05) is 12.6 Å². The van der Waals surface area contributed by atoms with Crippen LogP contribution < -0.4 is 5.32 Å². The number of ether oxygens (including phenoxy) is 1. The number of nitrogens with one attached hydrogen (secondary N) is 1. The minimum Gasteiger partial charge on any atom is -0.462 e. The molecule has 0 amide bonds. The Morgan fingerprint density at radius 3 is 2.83 bits per heavy atom. The molecule has 0 saturated heterocycles. The quantitative estimate of drug-likeness (QED) is 0.449. The maximum absolute atomic E-state index is 11.4. The van der Waals surface area contributed by atoms with E-state index in [2.05, 4.69) is 5.32 Å². The number of hydrogen-bond donors (Lipinski definition) is 2. The van der Waals surface area contributed by atoms with Gasteiger partial charge >= 0.3 is 5.97 Å². The standard InChI is InChI=1S/C11H14N2O5/c1-2-18-11(15)8-3-4-9(12-5-6-14)10(7-8)13(16)17/h3-4,7,12,14H,2,5-6H2,1H3. The highest BCUT2D eigenvalue weighted by molar-refractivity contribution is 5.91. The van der Waals surface area contributed by atoms with Gasteiger partial charge in [-0.3, -0.25) is 10.1 Å². The Bertz CT molecular complexity index is 447. The number of anilines is 1. The normalized spacial score (nSPS) is 9.89. The molecule has 0 aliphatic carbocycles. The lowest BCUT2D eigenvalue weighted by Crippen LogP contribution is -2.09. The van der Waals surface area contributed by atoms with Gasteiger partial charge < -0.3 is 15.2 Å². The molecule has 0 saturated carbocycles. The summed E-state index contributed by atoms with van der Waals surface area (Å²) >= 11 is 0. The smallest absolute Gasteiger partial charge is 0.338 e. The third kappa shape index (κ3) is 3.42. The molecule has 0 atom stereocenters. The lowest BCUT2D eigenvalue weighted by atomic mass is 10.1. The van der Waals surface area contributed by atoms with Crippen LogP contribution in [0.5, 0.6) is 0 Å². The fourth-order valence-corrected chi connectivity index (χ4v) is 1.36. The number of carbonyl (C=O) groups excluding carboxylic acids is 1. The van der Waals surface area contributed by atoms with E-state index in [4.69, 9.17) is 9.84 Å². The van der Waals surface area contributed by atoms with Crippen molar-refractivity contribution in [2.45, 2.75) is 6.92 Å². The van der Waals surface area contributed by atoms with Crippen LogP contribution in [0.25, 0.3) is 0 Å². The van der Waals surface area contributed by atoms with Crippen molar-refractivity contribution in [2.24, 2.45) is 0 Å². The molecule has 0 aliphatic rings. The van der Waals surface area contributed by atoms with Crippen LogP contribution in [-0.2, 0) is 4.74 Å². The van der Waals surface area contributed by atoms with Crippen molar-refractivity contribution in [3.8, 4) is 0 Å². The second-order valence-electron chi connectivity index (χ2n) is 3.36. The Kier molecular flexibility index (Phi) is 5.06. The van der Waals surface area contributed by atoms with E-state index in [9.17, 15) is 14.9 Å². The molecule has 18 heavy (non-hydrogen) atoms. The largest absolute Gasteiger partial charge is 0.462 e. The molecular formula is C11H14N2O5. The first-order valence-corrected chi connectivity index (χ1v) is 5.40.